The highest BCUT2D eigenvalue weighted by atomic mass is 79.9. The van der Waals surface area contributed by atoms with Crippen molar-refractivity contribution in [3.05, 3.63) is 51.3 Å². The van der Waals surface area contributed by atoms with E-state index < -0.39 is 0 Å². The van der Waals surface area contributed by atoms with Crippen LogP contribution in [0.2, 0.25) is 5.02 Å². The summed E-state index contributed by atoms with van der Waals surface area (Å²) in [5.74, 6) is 0.367. The summed E-state index contributed by atoms with van der Waals surface area (Å²) in [4.78, 5) is 4.05. The van der Waals surface area contributed by atoms with E-state index in [0.29, 0.717) is 26.8 Å². The molecule has 2 N–H and O–H groups in total. The first-order valence-electron chi connectivity index (χ1n) is 5.04. The van der Waals surface area contributed by atoms with Gasteiger partial charge < -0.3 is 10.5 Å². The Kier molecular flexibility index (Phi) is 4.04. The van der Waals surface area contributed by atoms with Gasteiger partial charge in [-0.3, -0.25) is 0 Å². The highest BCUT2D eigenvalue weighted by molar-refractivity contribution is 9.10. The molecule has 3 nitrogen and oxygen atoms in total. The number of hydrogen-bond acceptors (Lipinski definition) is 3. The van der Waals surface area contributed by atoms with Crippen molar-refractivity contribution in [2.75, 3.05) is 5.73 Å². The minimum Gasteiger partial charge on any atom is -0.487 e. The molecule has 0 unspecified atom stereocenters. The molecule has 0 saturated carbocycles. The molecule has 0 saturated heterocycles. The van der Waals surface area contributed by atoms with Crippen molar-refractivity contribution in [1.82, 2.24) is 4.98 Å². The number of anilines is 1. The summed E-state index contributed by atoms with van der Waals surface area (Å²) < 4.78 is 19.1. The van der Waals surface area contributed by atoms with Gasteiger partial charge in [0.25, 0.3) is 0 Å². The van der Waals surface area contributed by atoms with Crippen molar-refractivity contribution in [3.63, 3.8) is 0 Å². The van der Waals surface area contributed by atoms with Crippen molar-refractivity contribution in [2.24, 2.45) is 0 Å². The van der Waals surface area contributed by atoms with Gasteiger partial charge in [-0.05, 0) is 24.3 Å². The quantitative estimate of drug-likeness (QED) is 0.930. The molecular weight excluding hydrogens is 322 g/mol. The summed E-state index contributed by atoms with van der Waals surface area (Å²) in [6, 6.07) is 7.53. The summed E-state index contributed by atoms with van der Waals surface area (Å²) >= 11 is 9.13. The molecule has 0 aliphatic carbocycles. The fourth-order valence-electron chi connectivity index (χ4n) is 1.37. The first-order valence-corrected chi connectivity index (χ1v) is 6.21. The molecule has 18 heavy (non-hydrogen) atoms. The molecule has 2 aromatic rings. The van der Waals surface area contributed by atoms with Gasteiger partial charge in [-0.15, -0.1) is 0 Å². The third kappa shape index (κ3) is 3.34. The van der Waals surface area contributed by atoms with Crippen LogP contribution in [0.3, 0.4) is 0 Å². The topological polar surface area (TPSA) is 48.1 Å². The maximum atomic E-state index is 13.1. The van der Waals surface area contributed by atoms with Crippen molar-refractivity contribution in [2.45, 2.75) is 6.61 Å². The lowest BCUT2D eigenvalue weighted by Crippen LogP contribution is -2.02. The van der Waals surface area contributed by atoms with Crippen molar-refractivity contribution < 1.29 is 9.13 Å². The van der Waals surface area contributed by atoms with Crippen LogP contribution in [0, 0.1) is 5.82 Å². The van der Waals surface area contributed by atoms with E-state index >= 15 is 0 Å². The van der Waals surface area contributed by atoms with Gasteiger partial charge in [-0.25, -0.2) is 9.37 Å². The molecule has 1 aromatic heterocycles. The minimum absolute atomic E-state index is 0.125. The van der Waals surface area contributed by atoms with Crippen LogP contribution >= 0.6 is 27.5 Å². The molecule has 0 radical (unpaired) electrons. The number of benzene rings is 1. The molecule has 2 rings (SSSR count). The van der Waals surface area contributed by atoms with Gasteiger partial charge >= 0.3 is 0 Å². The molecule has 0 aliphatic heterocycles. The monoisotopic (exact) mass is 330 g/mol. The van der Waals surface area contributed by atoms with Gasteiger partial charge in [-0.2, -0.15) is 0 Å². The number of halogens is 3. The average Bonchev–Trinajstić information content (AvgIpc) is 2.29. The molecule has 1 heterocycles. The van der Waals surface area contributed by atoms with Gasteiger partial charge in [0.1, 0.15) is 24.0 Å². The molecule has 0 atom stereocenters. The molecule has 0 bridgehead atoms. The lowest BCUT2D eigenvalue weighted by atomic mass is 10.3. The van der Waals surface area contributed by atoms with E-state index in [4.69, 9.17) is 22.1 Å². The van der Waals surface area contributed by atoms with Crippen LogP contribution in [0.4, 0.5) is 10.2 Å². The molecule has 6 heteroatoms. The van der Waals surface area contributed by atoms with Crippen molar-refractivity contribution in [1.29, 1.82) is 0 Å². The lowest BCUT2D eigenvalue weighted by molar-refractivity contribution is 0.300. The molecule has 1 aromatic carbocycles. The lowest BCUT2D eigenvalue weighted by Gasteiger charge is -2.08. The third-order valence-corrected chi connectivity index (χ3v) is 2.95. The fourth-order valence-corrected chi connectivity index (χ4v) is 1.97. The normalized spacial score (nSPS) is 10.4. The van der Waals surface area contributed by atoms with Crippen LogP contribution in [0.25, 0.3) is 0 Å². The van der Waals surface area contributed by atoms with Crippen LogP contribution in [-0.4, -0.2) is 4.98 Å². The summed E-state index contributed by atoms with van der Waals surface area (Å²) in [5, 5.41) is 0.458. The Morgan fingerprint density at radius 2 is 2.11 bits per heavy atom. The van der Waals surface area contributed by atoms with E-state index in [9.17, 15) is 4.39 Å². The van der Waals surface area contributed by atoms with Crippen LogP contribution < -0.4 is 10.5 Å². The Bertz CT molecular complexity index is 560. The second-order valence-corrected chi connectivity index (χ2v) is 4.88. The summed E-state index contributed by atoms with van der Waals surface area (Å²) in [6.45, 7) is 0.125. The van der Waals surface area contributed by atoms with E-state index in [1.807, 2.05) is 0 Å². The number of rotatable bonds is 3. The summed E-state index contributed by atoms with van der Waals surface area (Å²) in [5.41, 5.74) is 6.06. The molecule has 94 valence electrons. The van der Waals surface area contributed by atoms with E-state index in [-0.39, 0.29) is 12.4 Å². The molecular formula is C12H9BrClFN2O. The van der Waals surface area contributed by atoms with Crippen LogP contribution in [0.5, 0.6) is 5.75 Å². The fraction of sp³-hybridized carbons (Fsp3) is 0.0833. The third-order valence-electron chi connectivity index (χ3n) is 2.15. The van der Waals surface area contributed by atoms with E-state index in [1.54, 1.807) is 18.2 Å². The Hall–Kier alpha value is -1.33. The van der Waals surface area contributed by atoms with Gasteiger partial charge in [0.05, 0.1) is 10.7 Å². The zero-order chi connectivity index (χ0) is 13.1. The first-order chi connectivity index (χ1) is 8.54. The number of nitrogens with zero attached hydrogens (tertiary/aromatic N) is 1. The van der Waals surface area contributed by atoms with Gasteiger partial charge in [0, 0.05) is 10.5 Å². The second kappa shape index (κ2) is 5.54. The number of nitrogens with two attached hydrogens (primary N) is 1. The summed E-state index contributed by atoms with van der Waals surface area (Å²) in [7, 11) is 0. The first kappa shape index (κ1) is 13.1. The standard InChI is InChI=1S/C12H9BrClFN2O/c13-7-3-8(15)5-9(4-7)18-6-11-10(14)1-2-12(16)17-11/h1-5H,6H2,(H2,16,17). The van der Waals surface area contributed by atoms with E-state index in [0.717, 1.165) is 0 Å². The summed E-state index contributed by atoms with van der Waals surface area (Å²) in [6.07, 6.45) is 0. The molecule has 0 spiro atoms. The SMILES string of the molecule is Nc1ccc(Cl)c(COc2cc(F)cc(Br)c2)n1. The smallest absolute Gasteiger partial charge is 0.132 e. The maximum Gasteiger partial charge on any atom is 0.132 e. The predicted molar refractivity (Wildman–Crippen MR) is 72.1 cm³/mol. The van der Waals surface area contributed by atoms with Gasteiger partial charge in [-0.1, -0.05) is 27.5 Å². The second-order valence-electron chi connectivity index (χ2n) is 3.56. The predicted octanol–water partition coefficient (Wildman–Crippen LogP) is 3.80. The zero-order valence-corrected chi connectivity index (χ0v) is 11.5. The maximum absolute atomic E-state index is 13.1. The number of hydrogen-bond donors (Lipinski definition) is 1. The highest BCUT2D eigenvalue weighted by Gasteiger charge is 2.05. The molecule has 0 amide bonds. The minimum atomic E-state index is -0.383. The Labute approximate surface area is 117 Å². The number of nitrogen functional groups attached to an aromatic ring is 1. The van der Waals surface area contributed by atoms with Crippen LogP contribution in [0.15, 0.2) is 34.8 Å². The number of ether oxygens (including phenoxy) is 1. The Morgan fingerprint density at radius 3 is 2.83 bits per heavy atom. The molecule has 0 aliphatic rings. The highest BCUT2D eigenvalue weighted by Crippen LogP contribution is 2.23. The Balaban J connectivity index is 2.13. The Morgan fingerprint density at radius 1 is 1.33 bits per heavy atom. The zero-order valence-electron chi connectivity index (χ0n) is 9.16. The largest absolute Gasteiger partial charge is 0.487 e. The van der Waals surface area contributed by atoms with Crippen molar-refractivity contribution >= 4 is 33.3 Å². The van der Waals surface area contributed by atoms with Crippen molar-refractivity contribution in [3.8, 4) is 5.75 Å². The number of aromatic nitrogens is 1. The van der Waals surface area contributed by atoms with E-state index in [1.165, 1.54) is 12.1 Å². The average molecular weight is 332 g/mol. The van der Waals surface area contributed by atoms with Gasteiger partial charge in [0.2, 0.25) is 0 Å². The molecule has 0 fully saturated rings. The van der Waals surface area contributed by atoms with Gasteiger partial charge in [0.15, 0.2) is 0 Å². The van der Waals surface area contributed by atoms with Crippen LogP contribution in [0.1, 0.15) is 5.69 Å². The number of pyridine rings is 1. The van der Waals surface area contributed by atoms with E-state index in [2.05, 4.69) is 20.9 Å². The van der Waals surface area contributed by atoms with Crippen LogP contribution in [-0.2, 0) is 6.61 Å².